The van der Waals surface area contributed by atoms with Crippen molar-refractivity contribution in [1.29, 1.82) is 0 Å². The smallest absolute Gasteiger partial charge is 0.214 e. The molecule has 164 valence electrons. The van der Waals surface area contributed by atoms with Gasteiger partial charge in [-0.25, -0.2) is 13.1 Å². The number of benzene rings is 1. The molecule has 2 N–H and O–H groups in total. The largest absolute Gasteiger partial charge is 0.385 e. The molecule has 1 aromatic carbocycles. The van der Waals surface area contributed by atoms with Crippen molar-refractivity contribution in [2.45, 2.75) is 89.9 Å². The maximum absolute atomic E-state index is 12.0. The van der Waals surface area contributed by atoms with Gasteiger partial charge in [-0.1, -0.05) is 26.0 Å². The summed E-state index contributed by atoms with van der Waals surface area (Å²) >= 11 is 0. The third kappa shape index (κ3) is 6.45. The van der Waals surface area contributed by atoms with Crippen LogP contribution in [0, 0.1) is 17.8 Å². The quantitative estimate of drug-likeness (QED) is 0.610. The first-order valence-electron chi connectivity index (χ1n) is 11.6. The Morgan fingerprint density at radius 1 is 0.931 bits per heavy atom. The van der Waals surface area contributed by atoms with Crippen molar-refractivity contribution in [2.24, 2.45) is 17.8 Å². The fourth-order valence-electron chi connectivity index (χ4n) is 5.21. The molecule has 2 atom stereocenters. The monoisotopic (exact) mass is 420 g/mol. The summed E-state index contributed by atoms with van der Waals surface area (Å²) < 4.78 is 27.0. The van der Waals surface area contributed by atoms with Crippen LogP contribution in [0.4, 0.5) is 5.69 Å². The molecular weight excluding hydrogens is 380 g/mol. The second kappa shape index (κ2) is 9.82. The first-order chi connectivity index (χ1) is 13.7. The van der Waals surface area contributed by atoms with Crippen LogP contribution in [0.3, 0.4) is 0 Å². The third-order valence-corrected chi connectivity index (χ3v) is 8.86. The van der Waals surface area contributed by atoms with Crippen LogP contribution in [0.15, 0.2) is 24.3 Å². The number of nitrogens with one attached hydrogen (secondary N) is 2. The van der Waals surface area contributed by atoms with Gasteiger partial charge in [0.2, 0.25) is 10.0 Å². The molecule has 2 saturated carbocycles. The Morgan fingerprint density at radius 2 is 1.52 bits per heavy atom. The molecule has 1 aromatic rings. The van der Waals surface area contributed by atoms with Crippen LogP contribution in [-0.2, 0) is 10.0 Å². The molecule has 2 fully saturated rings. The standard InChI is InChI=1S/C24H40N2O2S/c1-17(2)29(27,28)26-24-9-5-20(6-10-24)16-25-23-11-7-21(8-12-23)22-14-18(3)13-19(4)15-22/h7-8,11-12,17-20,22,24-26H,5-6,9-10,13-16H2,1-4H3. The van der Waals surface area contributed by atoms with Crippen LogP contribution in [0.1, 0.15) is 84.1 Å². The maximum atomic E-state index is 12.0. The number of hydrogen-bond donors (Lipinski definition) is 2. The molecular formula is C24H40N2O2S. The van der Waals surface area contributed by atoms with E-state index >= 15 is 0 Å². The molecule has 5 heteroatoms. The summed E-state index contributed by atoms with van der Waals surface area (Å²) in [5.74, 6) is 3.01. The molecule has 2 aliphatic rings. The van der Waals surface area contributed by atoms with Crippen LogP contribution in [-0.4, -0.2) is 26.3 Å². The number of sulfonamides is 1. The molecule has 0 bridgehead atoms. The minimum absolute atomic E-state index is 0.109. The lowest BCUT2D eigenvalue weighted by Crippen LogP contribution is -2.41. The summed E-state index contributed by atoms with van der Waals surface area (Å²) in [5.41, 5.74) is 2.69. The van der Waals surface area contributed by atoms with E-state index in [2.05, 4.69) is 48.2 Å². The minimum atomic E-state index is -3.16. The zero-order valence-corrected chi connectivity index (χ0v) is 19.5. The summed E-state index contributed by atoms with van der Waals surface area (Å²) in [6.07, 6.45) is 8.05. The molecule has 29 heavy (non-hydrogen) atoms. The molecule has 2 unspecified atom stereocenters. The van der Waals surface area contributed by atoms with Crippen molar-refractivity contribution in [2.75, 3.05) is 11.9 Å². The van der Waals surface area contributed by atoms with E-state index < -0.39 is 10.0 Å². The van der Waals surface area contributed by atoms with Crippen molar-refractivity contribution in [3.05, 3.63) is 29.8 Å². The number of rotatable bonds is 7. The lowest BCUT2D eigenvalue weighted by Gasteiger charge is -2.32. The van der Waals surface area contributed by atoms with Gasteiger partial charge in [-0.3, -0.25) is 0 Å². The van der Waals surface area contributed by atoms with Crippen molar-refractivity contribution in [3.8, 4) is 0 Å². The number of anilines is 1. The molecule has 2 aliphatic carbocycles. The fourth-order valence-corrected chi connectivity index (χ4v) is 6.18. The van der Waals surface area contributed by atoms with Gasteiger partial charge in [0.25, 0.3) is 0 Å². The average Bonchev–Trinajstić information content (AvgIpc) is 2.67. The maximum Gasteiger partial charge on any atom is 0.214 e. The Morgan fingerprint density at radius 3 is 2.07 bits per heavy atom. The average molecular weight is 421 g/mol. The van der Waals surface area contributed by atoms with Crippen LogP contribution < -0.4 is 10.0 Å². The van der Waals surface area contributed by atoms with Crippen molar-refractivity contribution < 1.29 is 8.42 Å². The summed E-state index contributed by atoms with van der Waals surface area (Å²) in [6, 6.07) is 9.21. The first-order valence-corrected chi connectivity index (χ1v) is 13.1. The summed E-state index contributed by atoms with van der Waals surface area (Å²) in [5, 5.41) is 3.25. The minimum Gasteiger partial charge on any atom is -0.385 e. The molecule has 0 spiro atoms. The topological polar surface area (TPSA) is 58.2 Å². The second-order valence-electron chi connectivity index (χ2n) is 10.0. The molecule has 0 heterocycles. The highest BCUT2D eigenvalue weighted by atomic mass is 32.2. The van der Waals surface area contributed by atoms with Gasteiger partial charge >= 0.3 is 0 Å². The summed E-state index contributed by atoms with van der Waals surface area (Å²) in [6.45, 7) is 9.22. The highest BCUT2D eigenvalue weighted by Gasteiger charge is 2.27. The van der Waals surface area contributed by atoms with Crippen LogP contribution in [0.2, 0.25) is 0 Å². The Labute approximate surface area is 178 Å². The highest BCUT2D eigenvalue weighted by Crippen LogP contribution is 2.39. The molecule has 0 aliphatic heterocycles. The third-order valence-electron chi connectivity index (χ3n) is 6.95. The zero-order chi connectivity index (χ0) is 21.0. The molecule has 0 saturated heterocycles. The van der Waals surface area contributed by atoms with Gasteiger partial charge < -0.3 is 5.32 Å². The van der Waals surface area contributed by atoms with E-state index in [1.165, 1.54) is 30.5 Å². The normalized spacial score (nSPS) is 31.0. The van der Waals surface area contributed by atoms with E-state index in [9.17, 15) is 8.42 Å². The first kappa shape index (κ1) is 22.6. The summed E-state index contributed by atoms with van der Waals surface area (Å²) in [4.78, 5) is 0. The second-order valence-corrected chi connectivity index (χ2v) is 12.3. The van der Waals surface area contributed by atoms with Crippen molar-refractivity contribution in [1.82, 2.24) is 4.72 Å². The van der Waals surface area contributed by atoms with Crippen molar-refractivity contribution >= 4 is 15.7 Å². The fraction of sp³-hybridized carbons (Fsp3) is 0.750. The number of hydrogen-bond acceptors (Lipinski definition) is 3. The van der Waals surface area contributed by atoms with Gasteiger partial charge in [0.05, 0.1) is 5.25 Å². The van der Waals surface area contributed by atoms with Crippen LogP contribution >= 0.6 is 0 Å². The van der Waals surface area contributed by atoms with E-state index in [0.29, 0.717) is 11.8 Å². The Hall–Kier alpha value is -1.07. The molecule has 4 nitrogen and oxygen atoms in total. The predicted molar refractivity (Wildman–Crippen MR) is 123 cm³/mol. The van der Waals surface area contributed by atoms with Gasteiger partial charge in [-0.2, -0.15) is 0 Å². The van der Waals surface area contributed by atoms with Crippen LogP contribution in [0.5, 0.6) is 0 Å². The van der Waals surface area contributed by atoms with Gasteiger partial charge in [0.1, 0.15) is 0 Å². The Balaban J connectivity index is 1.43. The molecule has 3 rings (SSSR count). The summed E-state index contributed by atoms with van der Waals surface area (Å²) in [7, 11) is -3.16. The van der Waals surface area contributed by atoms with Crippen molar-refractivity contribution in [3.63, 3.8) is 0 Å². The lowest BCUT2D eigenvalue weighted by atomic mass is 9.74. The van der Waals surface area contributed by atoms with Gasteiger partial charge in [0.15, 0.2) is 0 Å². The van der Waals surface area contributed by atoms with E-state index in [0.717, 1.165) is 44.1 Å². The van der Waals surface area contributed by atoms with E-state index in [1.54, 1.807) is 13.8 Å². The Kier molecular flexibility index (Phi) is 7.66. The van der Waals surface area contributed by atoms with E-state index in [-0.39, 0.29) is 11.3 Å². The molecule has 0 radical (unpaired) electrons. The predicted octanol–water partition coefficient (Wildman–Crippen LogP) is 5.52. The highest BCUT2D eigenvalue weighted by molar-refractivity contribution is 7.90. The zero-order valence-electron chi connectivity index (χ0n) is 18.7. The van der Waals surface area contributed by atoms with Gasteiger partial charge in [-0.15, -0.1) is 0 Å². The Bertz CT molecular complexity index is 727. The van der Waals surface area contributed by atoms with E-state index in [4.69, 9.17) is 0 Å². The van der Waals surface area contributed by atoms with Gasteiger partial charge in [0, 0.05) is 18.3 Å². The SMILES string of the molecule is CC1CC(C)CC(c2ccc(NCC3CCC(NS(=O)(=O)C(C)C)CC3)cc2)C1. The lowest BCUT2D eigenvalue weighted by molar-refractivity contribution is 0.268. The molecule has 0 aromatic heterocycles. The van der Waals surface area contributed by atoms with Gasteiger partial charge in [-0.05, 0) is 100 Å². The van der Waals surface area contributed by atoms with E-state index in [1.807, 2.05) is 0 Å². The molecule has 0 amide bonds. The van der Waals surface area contributed by atoms with Crippen LogP contribution in [0.25, 0.3) is 0 Å².